The van der Waals surface area contributed by atoms with Crippen molar-refractivity contribution >= 4 is 11.8 Å². The van der Waals surface area contributed by atoms with Crippen LogP contribution in [0.4, 0.5) is 8.78 Å². The molecule has 1 aliphatic heterocycles. The maximum absolute atomic E-state index is 12.3. The fraction of sp³-hybridized carbons (Fsp3) is 0.538. The van der Waals surface area contributed by atoms with Crippen LogP contribution < -0.4 is 4.74 Å². The largest absolute Gasteiger partial charge is 0.435 e. The Bertz CT molecular complexity index is 395. The molecule has 0 aromatic heterocycles. The summed E-state index contributed by atoms with van der Waals surface area (Å²) in [7, 11) is 0. The van der Waals surface area contributed by atoms with Gasteiger partial charge in [-0.25, -0.2) is 0 Å². The van der Waals surface area contributed by atoms with Crippen LogP contribution >= 0.6 is 11.8 Å². The number of benzene rings is 1. The predicted molar refractivity (Wildman–Crippen MR) is 67.5 cm³/mol. The number of rotatable bonds is 6. The molecule has 0 unspecified atom stereocenters. The van der Waals surface area contributed by atoms with Gasteiger partial charge in [-0.2, -0.15) is 8.78 Å². The van der Waals surface area contributed by atoms with E-state index in [0.717, 1.165) is 36.5 Å². The van der Waals surface area contributed by atoms with Gasteiger partial charge in [0.2, 0.25) is 0 Å². The summed E-state index contributed by atoms with van der Waals surface area (Å²) in [5.41, 5.74) is 0.850. The quantitative estimate of drug-likeness (QED) is 0.787. The van der Waals surface area contributed by atoms with Crippen molar-refractivity contribution in [2.75, 3.05) is 13.2 Å². The standard InChI is InChI=1S/C13H16F2O2S/c1-2-3-9-6-10(18-11-7-16-8-11)4-5-12(9)17-13(14)15/h4-6,11,13H,2-3,7-8H2,1H3. The molecule has 0 radical (unpaired) electrons. The molecular formula is C13H16F2O2S. The molecule has 2 nitrogen and oxygen atoms in total. The van der Waals surface area contributed by atoms with Crippen molar-refractivity contribution in [3.8, 4) is 5.75 Å². The van der Waals surface area contributed by atoms with Crippen LogP contribution in [0, 0.1) is 0 Å². The predicted octanol–water partition coefficient (Wildman–Crippen LogP) is 3.73. The molecule has 0 bridgehead atoms. The molecule has 1 aromatic rings. The highest BCUT2D eigenvalue weighted by Gasteiger charge is 2.20. The van der Waals surface area contributed by atoms with E-state index in [1.807, 2.05) is 19.1 Å². The van der Waals surface area contributed by atoms with Gasteiger partial charge < -0.3 is 9.47 Å². The molecule has 100 valence electrons. The first-order chi connectivity index (χ1) is 8.69. The SMILES string of the molecule is CCCc1cc(SC2COC2)ccc1OC(F)F. The smallest absolute Gasteiger partial charge is 0.387 e. The zero-order valence-corrected chi connectivity index (χ0v) is 11.0. The molecule has 18 heavy (non-hydrogen) atoms. The summed E-state index contributed by atoms with van der Waals surface area (Å²) in [4.78, 5) is 1.09. The molecule has 1 saturated heterocycles. The molecule has 0 saturated carbocycles. The van der Waals surface area contributed by atoms with Crippen molar-refractivity contribution in [2.24, 2.45) is 0 Å². The number of hydrogen-bond donors (Lipinski definition) is 0. The highest BCUT2D eigenvalue weighted by molar-refractivity contribution is 8.00. The maximum Gasteiger partial charge on any atom is 0.387 e. The second-order valence-corrected chi connectivity index (χ2v) is 5.55. The van der Waals surface area contributed by atoms with Crippen molar-refractivity contribution in [1.82, 2.24) is 0 Å². The first kappa shape index (κ1) is 13.6. The first-order valence-electron chi connectivity index (χ1n) is 6.01. The molecule has 0 N–H and O–H groups in total. The molecule has 1 heterocycles. The maximum atomic E-state index is 12.3. The second kappa shape index (κ2) is 6.38. The minimum absolute atomic E-state index is 0.293. The molecule has 0 spiro atoms. The van der Waals surface area contributed by atoms with Crippen molar-refractivity contribution in [3.05, 3.63) is 23.8 Å². The van der Waals surface area contributed by atoms with Gasteiger partial charge in [0.1, 0.15) is 5.75 Å². The molecule has 2 rings (SSSR count). The molecule has 5 heteroatoms. The lowest BCUT2D eigenvalue weighted by Crippen LogP contribution is -2.30. The summed E-state index contributed by atoms with van der Waals surface area (Å²) < 4.78 is 34.2. The third-order valence-corrected chi connectivity index (χ3v) is 3.81. The molecule has 0 amide bonds. The van der Waals surface area contributed by atoms with Gasteiger partial charge in [-0.1, -0.05) is 13.3 Å². The van der Waals surface area contributed by atoms with E-state index in [1.165, 1.54) is 0 Å². The van der Waals surface area contributed by atoms with Gasteiger partial charge in [0.15, 0.2) is 0 Å². The Morgan fingerprint density at radius 3 is 2.78 bits per heavy atom. The summed E-state index contributed by atoms with van der Waals surface area (Å²) in [5, 5.41) is 0.487. The Kier molecular flexibility index (Phi) is 4.83. The molecule has 1 aromatic carbocycles. The van der Waals surface area contributed by atoms with E-state index >= 15 is 0 Å². The Labute approximate surface area is 110 Å². The minimum Gasteiger partial charge on any atom is -0.435 e. The lowest BCUT2D eigenvalue weighted by molar-refractivity contribution is -0.0504. The minimum atomic E-state index is -2.76. The second-order valence-electron chi connectivity index (χ2n) is 4.18. The van der Waals surface area contributed by atoms with Gasteiger partial charge in [0, 0.05) is 4.90 Å². The average molecular weight is 274 g/mol. The van der Waals surface area contributed by atoms with Gasteiger partial charge in [0.25, 0.3) is 0 Å². The van der Waals surface area contributed by atoms with E-state index in [1.54, 1.807) is 17.8 Å². The van der Waals surface area contributed by atoms with E-state index in [4.69, 9.17) is 4.74 Å². The Morgan fingerprint density at radius 2 is 2.22 bits per heavy atom. The Balaban J connectivity index is 2.10. The zero-order valence-electron chi connectivity index (χ0n) is 10.2. The number of alkyl halides is 2. The summed E-state index contributed by atoms with van der Waals surface area (Å²) in [6.07, 6.45) is 1.65. The number of ether oxygens (including phenoxy) is 2. The molecule has 0 aliphatic carbocycles. The third-order valence-electron chi connectivity index (χ3n) is 2.68. The fourth-order valence-electron chi connectivity index (χ4n) is 1.78. The van der Waals surface area contributed by atoms with Gasteiger partial charge >= 0.3 is 6.61 Å². The highest BCUT2D eigenvalue weighted by atomic mass is 32.2. The topological polar surface area (TPSA) is 18.5 Å². The van der Waals surface area contributed by atoms with Gasteiger partial charge in [-0.15, -0.1) is 11.8 Å². The summed E-state index contributed by atoms with van der Waals surface area (Å²) in [5.74, 6) is 0.293. The summed E-state index contributed by atoms with van der Waals surface area (Å²) >= 11 is 1.73. The van der Waals surface area contributed by atoms with Crippen LogP contribution in [-0.4, -0.2) is 25.1 Å². The summed E-state index contributed by atoms with van der Waals surface area (Å²) in [6, 6.07) is 5.42. The number of thioether (sulfide) groups is 1. The van der Waals surface area contributed by atoms with Gasteiger partial charge in [-0.3, -0.25) is 0 Å². The molecule has 1 aliphatic rings. The summed E-state index contributed by atoms with van der Waals surface area (Å²) in [6.45, 7) is 0.789. The van der Waals surface area contributed by atoms with Crippen molar-refractivity contribution in [1.29, 1.82) is 0 Å². The molecule has 0 atom stereocenters. The number of hydrogen-bond acceptors (Lipinski definition) is 3. The van der Waals surface area contributed by atoms with Crippen LogP contribution in [0.3, 0.4) is 0 Å². The van der Waals surface area contributed by atoms with Crippen LogP contribution in [0.2, 0.25) is 0 Å². The van der Waals surface area contributed by atoms with Gasteiger partial charge in [0.05, 0.1) is 18.5 Å². The van der Waals surface area contributed by atoms with E-state index in [0.29, 0.717) is 11.0 Å². The van der Waals surface area contributed by atoms with Gasteiger partial charge in [-0.05, 0) is 30.2 Å². The highest BCUT2D eigenvalue weighted by Crippen LogP contribution is 2.32. The van der Waals surface area contributed by atoms with Crippen LogP contribution in [-0.2, 0) is 11.2 Å². The number of halogens is 2. The van der Waals surface area contributed by atoms with Crippen molar-refractivity contribution in [3.63, 3.8) is 0 Å². The lowest BCUT2D eigenvalue weighted by atomic mass is 10.1. The third kappa shape index (κ3) is 3.59. The normalized spacial score (nSPS) is 15.8. The van der Waals surface area contributed by atoms with Crippen molar-refractivity contribution < 1.29 is 18.3 Å². The monoisotopic (exact) mass is 274 g/mol. The van der Waals surface area contributed by atoms with E-state index < -0.39 is 6.61 Å². The Morgan fingerprint density at radius 1 is 1.44 bits per heavy atom. The average Bonchev–Trinajstić information content (AvgIpc) is 2.26. The zero-order chi connectivity index (χ0) is 13.0. The first-order valence-corrected chi connectivity index (χ1v) is 6.89. The Hall–Kier alpha value is -0.810. The van der Waals surface area contributed by atoms with Crippen LogP contribution in [0.1, 0.15) is 18.9 Å². The lowest BCUT2D eigenvalue weighted by Gasteiger charge is -2.25. The fourth-order valence-corrected chi connectivity index (χ4v) is 2.85. The van der Waals surface area contributed by atoms with E-state index in [2.05, 4.69) is 4.74 Å². The van der Waals surface area contributed by atoms with Crippen LogP contribution in [0.15, 0.2) is 23.1 Å². The number of aryl methyl sites for hydroxylation is 1. The van der Waals surface area contributed by atoms with Crippen molar-refractivity contribution in [2.45, 2.75) is 36.5 Å². The van der Waals surface area contributed by atoms with Crippen LogP contribution in [0.5, 0.6) is 5.75 Å². The molecular weight excluding hydrogens is 258 g/mol. The van der Waals surface area contributed by atoms with E-state index in [-0.39, 0.29) is 0 Å². The van der Waals surface area contributed by atoms with E-state index in [9.17, 15) is 8.78 Å². The van der Waals surface area contributed by atoms with Crippen LogP contribution in [0.25, 0.3) is 0 Å². The molecule has 1 fully saturated rings.